The van der Waals surface area contributed by atoms with Crippen LogP contribution in [0.25, 0.3) is 0 Å². The van der Waals surface area contributed by atoms with Gasteiger partial charge < -0.3 is 5.11 Å². The number of fused-ring (bicyclic) bond motifs is 5. The quantitative estimate of drug-likeness (QED) is 0.0539. The van der Waals surface area contributed by atoms with Crippen LogP contribution in [0.15, 0.2) is 139 Å². The van der Waals surface area contributed by atoms with Gasteiger partial charge in [-0.1, -0.05) is 171 Å². The first kappa shape index (κ1) is 73.6. The zero-order chi connectivity index (χ0) is 62.9. The molecule has 3 heteroatoms. The predicted octanol–water partition coefficient (Wildman–Crippen LogP) is 24.6. The standard InChI is InChI=1S/C53H80O2.C29H50O/c1-40(2)21-13-22-41(3)23-14-24-42(4)25-15-26-43(5)27-16-28-44(6)29-17-30-45(7)31-18-32-46(8)33-19-34-47(9)35-20-36-48(10)37-38-51-39-52(54)49(11)50(12)53(51)55;1-7-21(19(2)3)9-8-20(4)25-12-13-26-24-11-10-22-18-23(30)14-16-28(22,5)27(24)15-17-29(25,26)6/h21,23,25,27,29,31,33,35,37,39H,13-20,22,24,26,28,30,32,34,36,38H2,1-12H3;10,19-21,23-27,30H,7-9,11-18H2,1-6H3/t;20-,21-,23+,24+,25-,26+,27+,28+,29-/m.1/s1. The lowest BCUT2D eigenvalue weighted by Crippen LogP contribution is -2.50. The summed E-state index contributed by atoms with van der Waals surface area (Å²) in [6.45, 7) is 41.0. The SMILES string of the molecule is CC(C)=CCCC(C)=CCCC(C)=CCCC(C)=CCCC(C)=CCCC(C)=CCCC(C)=CCCC(C)=CCCC(C)=CCC1=CC(=O)C(C)=C(C)C1=O.CC[C@H](CC[C@@H](C)[C@H]1CC[C@H]2[C@@H]3CC=C4C[C@@H](O)CC[C@]4(C)[C@H]3CC[C@]12C)C(C)C. The molecule has 5 aliphatic carbocycles. The van der Waals surface area contributed by atoms with E-state index in [1.165, 1.54) is 133 Å². The van der Waals surface area contributed by atoms with E-state index in [0.717, 1.165) is 138 Å². The number of aliphatic hydroxyl groups is 1. The number of carbonyl (C=O) groups is 2. The highest BCUT2D eigenvalue weighted by atomic mass is 16.3. The zero-order valence-electron chi connectivity index (χ0n) is 58.5. The predicted molar refractivity (Wildman–Crippen MR) is 373 cm³/mol. The third-order valence-electron chi connectivity index (χ3n) is 22.1. The number of carbonyl (C=O) groups excluding carboxylic acids is 2. The average Bonchev–Trinajstić information content (AvgIpc) is 1.82. The lowest BCUT2D eigenvalue weighted by atomic mass is 9.47. The van der Waals surface area contributed by atoms with Crippen LogP contribution in [0.3, 0.4) is 0 Å². The summed E-state index contributed by atoms with van der Waals surface area (Å²) >= 11 is 0. The Morgan fingerprint density at radius 3 is 1.41 bits per heavy atom. The second-order valence-electron chi connectivity index (χ2n) is 29.7. The molecule has 0 spiro atoms. The van der Waals surface area contributed by atoms with Gasteiger partial charge in [-0.25, -0.2) is 0 Å². The highest BCUT2D eigenvalue weighted by Gasteiger charge is 2.59. The molecule has 1 N–H and O–H groups in total. The highest BCUT2D eigenvalue weighted by Crippen LogP contribution is 2.67. The number of Topliss-reactive ketones (excluding diaryl/α,β-unsaturated/α-hetero) is 1. The Hall–Kier alpha value is -3.82. The molecule has 476 valence electrons. The molecule has 0 aromatic heterocycles. The Kier molecular flexibility index (Phi) is 32.3. The Morgan fingerprint density at radius 1 is 0.553 bits per heavy atom. The molecule has 0 amide bonds. The summed E-state index contributed by atoms with van der Waals surface area (Å²) in [5.74, 6) is 6.28. The molecule has 3 fully saturated rings. The Bertz CT molecular complexity index is 2540. The normalized spacial score (nSPS) is 26.4. The van der Waals surface area contributed by atoms with Crippen LogP contribution in [0.5, 0.6) is 0 Å². The summed E-state index contributed by atoms with van der Waals surface area (Å²) in [6, 6.07) is 0. The Labute approximate surface area is 525 Å². The molecule has 0 aliphatic heterocycles. The maximum atomic E-state index is 12.5. The molecule has 0 bridgehead atoms. The summed E-state index contributed by atoms with van der Waals surface area (Å²) in [5.41, 5.74) is 17.5. The fourth-order valence-corrected chi connectivity index (χ4v) is 15.9. The van der Waals surface area contributed by atoms with E-state index in [1.807, 2.05) is 0 Å². The largest absolute Gasteiger partial charge is 0.393 e. The van der Waals surface area contributed by atoms with Crippen molar-refractivity contribution in [1.29, 1.82) is 0 Å². The van der Waals surface area contributed by atoms with Crippen LogP contribution in [0.2, 0.25) is 0 Å². The van der Waals surface area contributed by atoms with Crippen molar-refractivity contribution in [2.75, 3.05) is 0 Å². The maximum absolute atomic E-state index is 12.5. The molecule has 5 rings (SSSR count). The second-order valence-corrected chi connectivity index (χ2v) is 29.7. The molecule has 0 saturated heterocycles. The van der Waals surface area contributed by atoms with Crippen molar-refractivity contribution in [3.63, 3.8) is 0 Å². The first-order valence-corrected chi connectivity index (χ1v) is 35.0. The number of allylic oxidation sites excluding steroid dienone is 23. The van der Waals surface area contributed by atoms with E-state index >= 15 is 0 Å². The Balaban J connectivity index is 0.000000428. The minimum absolute atomic E-state index is 0.00932. The first-order valence-electron chi connectivity index (χ1n) is 35.0. The lowest BCUT2D eigenvalue weighted by Gasteiger charge is -2.58. The molecular formula is C82H130O3. The fourth-order valence-electron chi connectivity index (χ4n) is 15.9. The molecule has 0 heterocycles. The van der Waals surface area contributed by atoms with Crippen molar-refractivity contribution in [3.05, 3.63) is 139 Å². The second kappa shape index (κ2) is 37.2. The topological polar surface area (TPSA) is 54.4 Å². The van der Waals surface area contributed by atoms with E-state index in [2.05, 4.69) is 172 Å². The number of ketones is 2. The van der Waals surface area contributed by atoms with Crippen LogP contribution in [-0.4, -0.2) is 22.8 Å². The third kappa shape index (κ3) is 24.2. The molecule has 0 aromatic rings. The van der Waals surface area contributed by atoms with Gasteiger partial charge in [0.2, 0.25) is 0 Å². The van der Waals surface area contributed by atoms with Gasteiger partial charge in [-0.3, -0.25) is 9.59 Å². The summed E-state index contributed by atoms with van der Waals surface area (Å²) in [5, 5.41) is 10.2. The van der Waals surface area contributed by atoms with Crippen LogP contribution in [0.1, 0.15) is 304 Å². The van der Waals surface area contributed by atoms with Crippen LogP contribution in [-0.2, 0) is 9.59 Å². The fraction of sp³-hybridized carbons (Fsp3) is 0.683. The first-order chi connectivity index (χ1) is 40.3. The summed E-state index contributed by atoms with van der Waals surface area (Å²) < 4.78 is 0. The molecule has 5 aliphatic rings. The third-order valence-corrected chi connectivity index (χ3v) is 22.1. The van der Waals surface area contributed by atoms with Crippen molar-refractivity contribution >= 4 is 11.6 Å². The van der Waals surface area contributed by atoms with Crippen molar-refractivity contribution in [3.8, 4) is 0 Å². The number of rotatable bonds is 32. The van der Waals surface area contributed by atoms with Gasteiger partial charge in [0.05, 0.1) is 6.10 Å². The molecule has 3 nitrogen and oxygen atoms in total. The molecule has 0 radical (unpaired) electrons. The van der Waals surface area contributed by atoms with Crippen molar-refractivity contribution in [2.45, 2.75) is 311 Å². The van der Waals surface area contributed by atoms with Gasteiger partial charge in [-0.15, -0.1) is 0 Å². The minimum Gasteiger partial charge on any atom is -0.393 e. The number of hydrogen-bond acceptors (Lipinski definition) is 3. The van der Waals surface area contributed by atoms with Gasteiger partial charge in [-0.05, 0) is 308 Å². The van der Waals surface area contributed by atoms with Crippen molar-refractivity contribution in [1.82, 2.24) is 0 Å². The van der Waals surface area contributed by atoms with Crippen LogP contribution >= 0.6 is 0 Å². The van der Waals surface area contributed by atoms with E-state index in [-0.39, 0.29) is 17.7 Å². The maximum Gasteiger partial charge on any atom is 0.185 e. The summed E-state index contributed by atoms with van der Waals surface area (Å²) in [7, 11) is 0. The van der Waals surface area contributed by atoms with Gasteiger partial charge in [0, 0.05) is 16.7 Å². The van der Waals surface area contributed by atoms with Gasteiger partial charge >= 0.3 is 0 Å². The summed E-state index contributed by atoms with van der Waals surface area (Å²) in [6.07, 6.45) is 58.6. The molecular weight excluding hydrogens is 1030 g/mol. The summed E-state index contributed by atoms with van der Waals surface area (Å²) in [4.78, 5) is 24.6. The van der Waals surface area contributed by atoms with E-state index < -0.39 is 0 Å². The molecule has 85 heavy (non-hydrogen) atoms. The van der Waals surface area contributed by atoms with Gasteiger partial charge in [0.1, 0.15) is 0 Å². The molecule has 0 aromatic carbocycles. The van der Waals surface area contributed by atoms with Gasteiger partial charge in [0.25, 0.3) is 0 Å². The molecule has 9 atom stereocenters. The number of hydrogen-bond donors (Lipinski definition) is 1. The van der Waals surface area contributed by atoms with Gasteiger partial charge in [-0.2, -0.15) is 0 Å². The van der Waals surface area contributed by atoms with Gasteiger partial charge in [0.15, 0.2) is 11.6 Å². The number of aliphatic hydroxyl groups excluding tert-OH is 1. The van der Waals surface area contributed by atoms with Crippen LogP contribution in [0.4, 0.5) is 0 Å². The van der Waals surface area contributed by atoms with E-state index in [4.69, 9.17) is 0 Å². The van der Waals surface area contributed by atoms with E-state index in [1.54, 1.807) is 19.4 Å². The monoisotopic (exact) mass is 1160 g/mol. The Morgan fingerprint density at radius 2 is 0.988 bits per heavy atom. The highest BCUT2D eigenvalue weighted by molar-refractivity contribution is 6.22. The lowest BCUT2D eigenvalue weighted by molar-refractivity contribution is -0.115. The van der Waals surface area contributed by atoms with E-state index in [0.29, 0.717) is 34.0 Å². The average molecular weight is 1160 g/mol. The smallest absolute Gasteiger partial charge is 0.185 e. The van der Waals surface area contributed by atoms with E-state index in [9.17, 15) is 14.7 Å². The van der Waals surface area contributed by atoms with Crippen molar-refractivity contribution < 1.29 is 14.7 Å². The minimum atomic E-state index is -0.0794. The zero-order valence-corrected chi connectivity index (χ0v) is 58.5. The van der Waals surface area contributed by atoms with Crippen LogP contribution in [0, 0.1) is 52.3 Å². The van der Waals surface area contributed by atoms with Crippen molar-refractivity contribution in [2.24, 2.45) is 52.3 Å². The molecule has 0 unspecified atom stereocenters. The molecule has 3 saturated carbocycles. The van der Waals surface area contributed by atoms with Crippen LogP contribution < -0.4 is 0 Å².